The number of hydrogen-bond donors (Lipinski definition) is 2. The molecule has 154 valence electrons. The predicted molar refractivity (Wildman–Crippen MR) is 118 cm³/mol. The summed E-state index contributed by atoms with van der Waals surface area (Å²) in [6.07, 6.45) is 7.52. The molecule has 2 N–H and O–H groups in total. The number of rotatable bonds is 4. The monoisotopic (exact) mass is 411 g/mol. The summed E-state index contributed by atoms with van der Waals surface area (Å²) < 4.78 is 3.44. The Kier molecular flexibility index (Phi) is 4.31. The molecule has 31 heavy (non-hydrogen) atoms. The van der Waals surface area contributed by atoms with Crippen molar-refractivity contribution in [2.24, 2.45) is 0 Å². The average molecular weight is 411 g/mol. The molecule has 0 amide bonds. The lowest BCUT2D eigenvalue weighted by atomic mass is 10.1. The van der Waals surface area contributed by atoms with Crippen LogP contribution in [0.25, 0.3) is 33.8 Å². The van der Waals surface area contributed by atoms with Crippen LogP contribution in [0.15, 0.2) is 61.1 Å². The maximum Gasteiger partial charge on any atom is 0.154 e. The van der Waals surface area contributed by atoms with E-state index in [4.69, 9.17) is 10.1 Å². The Balaban J connectivity index is 1.38. The van der Waals surface area contributed by atoms with Crippen LogP contribution < -0.4 is 10.6 Å². The van der Waals surface area contributed by atoms with Crippen molar-refractivity contribution >= 4 is 17.0 Å². The van der Waals surface area contributed by atoms with Gasteiger partial charge in [0.2, 0.25) is 0 Å². The third-order valence-electron chi connectivity index (χ3n) is 5.64. The first-order valence-corrected chi connectivity index (χ1v) is 10.4. The molecule has 0 unspecified atom stereocenters. The molecule has 1 aliphatic rings. The quantitative estimate of drug-likeness (QED) is 0.469. The molecule has 5 aromatic heterocycles. The molecule has 0 radical (unpaired) electrons. The maximum atomic E-state index is 4.85. The topological polar surface area (TPSA) is 97.3 Å². The van der Waals surface area contributed by atoms with Gasteiger partial charge in [0.15, 0.2) is 5.65 Å². The molecule has 0 aliphatic carbocycles. The molecular weight excluding hydrogens is 390 g/mol. The normalized spacial score (nSPS) is 15.0. The molecule has 9 nitrogen and oxygen atoms in total. The summed E-state index contributed by atoms with van der Waals surface area (Å²) >= 11 is 0. The second-order valence-electron chi connectivity index (χ2n) is 7.67. The molecule has 0 atom stereocenters. The van der Waals surface area contributed by atoms with Crippen molar-refractivity contribution in [3.8, 4) is 22.6 Å². The van der Waals surface area contributed by atoms with Crippen LogP contribution in [0.3, 0.4) is 0 Å². The highest BCUT2D eigenvalue weighted by atomic mass is 15.4. The van der Waals surface area contributed by atoms with Crippen molar-refractivity contribution in [3.05, 3.63) is 61.1 Å². The Hall–Kier alpha value is -3.85. The lowest BCUT2D eigenvalue weighted by molar-refractivity contribution is 0.478. The first-order chi connectivity index (χ1) is 15.3. The fourth-order valence-electron chi connectivity index (χ4n) is 4.05. The second kappa shape index (κ2) is 7.44. The van der Waals surface area contributed by atoms with Crippen molar-refractivity contribution in [2.45, 2.75) is 18.9 Å². The van der Waals surface area contributed by atoms with Crippen molar-refractivity contribution < 1.29 is 0 Å². The van der Waals surface area contributed by atoms with Crippen LogP contribution in [0, 0.1) is 0 Å². The molecule has 5 aromatic rings. The smallest absolute Gasteiger partial charge is 0.154 e. The number of pyridine rings is 1. The van der Waals surface area contributed by atoms with Gasteiger partial charge in [0.1, 0.15) is 11.5 Å². The third-order valence-corrected chi connectivity index (χ3v) is 5.64. The van der Waals surface area contributed by atoms with Gasteiger partial charge in [-0.15, -0.1) is 0 Å². The molecule has 6 rings (SSSR count). The van der Waals surface area contributed by atoms with Crippen LogP contribution in [0.4, 0.5) is 5.82 Å². The van der Waals surface area contributed by atoms with Crippen molar-refractivity contribution in [1.29, 1.82) is 0 Å². The van der Waals surface area contributed by atoms with Gasteiger partial charge in [-0.2, -0.15) is 19.9 Å². The molecule has 0 aromatic carbocycles. The highest BCUT2D eigenvalue weighted by Crippen LogP contribution is 2.25. The molecule has 9 heteroatoms. The summed E-state index contributed by atoms with van der Waals surface area (Å²) in [5, 5.41) is 20.4. The predicted octanol–water partition coefficient (Wildman–Crippen LogP) is 2.66. The lowest BCUT2D eigenvalue weighted by Gasteiger charge is -2.24. The summed E-state index contributed by atoms with van der Waals surface area (Å²) in [6.45, 7) is 2.08. The Morgan fingerprint density at radius 1 is 0.935 bits per heavy atom. The lowest BCUT2D eigenvalue weighted by Crippen LogP contribution is -2.35. The number of fused-ring (bicyclic) bond motifs is 2. The summed E-state index contributed by atoms with van der Waals surface area (Å²) in [5.74, 6) is 0.879. The van der Waals surface area contributed by atoms with E-state index < -0.39 is 0 Å². The fourth-order valence-corrected chi connectivity index (χ4v) is 4.05. The van der Waals surface area contributed by atoms with Crippen LogP contribution >= 0.6 is 0 Å². The zero-order valence-corrected chi connectivity index (χ0v) is 16.8. The molecule has 0 saturated carbocycles. The minimum absolute atomic E-state index is 0.445. The summed E-state index contributed by atoms with van der Waals surface area (Å²) in [5.41, 5.74) is 5.08. The maximum absolute atomic E-state index is 4.85. The van der Waals surface area contributed by atoms with Crippen molar-refractivity contribution in [1.82, 2.24) is 39.7 Å². The van der Waals surface area contributed by atoms with Crippen LogP contribution in [0.1, 0.15) is 12.8 Å². The van der Waals surface area contributed by atoms with Gasteiger partial charge in [-0.25, -0.2) is 14.5 Å². The third kappa shape index (κ3) is 3.28. The highest BCUT2D eigenvalue weighted by Gasteiger charge is 2.15. The van der Waals surface area contributed by atoms with E-state index in [0.29, 0.717) is 6.04 Å². The first kappa shape index (κ1) is 18.0. The summed E-state index contributed by atoms with van der Waals surface area (Å²) in [6, 6.07) is 14.3. The molecule has 1 saturated heterocycles. The number of aromatic nitrogens is 7. The second-order valence-corrected chi connectivity index (χ2v) is 7.67. The Bertz CT molecular complexity index is 1360. The zero-order valence-electron chi connectivity index (χ0n) is 16.8. The van der Waals surface area contributed by atoms with E-state index in [0.717, 1.165) is 65.6 Å². The number of nitrogens with one attached hydrogen (secondary N) is 2. The van der Waals surface area contributed by atoms with Gasteiger partial charge in [0.25, 0.3) is 0 Å². The number of nitrogens with zero attached hydrogens (tertiary/aromatic N) is 7. The fraction of sp³-hybridized carbons (Fsp3) is 0.227. The van der Waals surface area contributed by atoms with Crippen molar-refractivity contribution in [3.63, 3.8) is 0 Å². The standard InChI is InChI=1S/C22H21N9/c1-3-18(28-21(5-1)27-15-8-11-23-12-9-15)20-14-24-22-7-6-17(29-30(20)22)16-13-26-31-19(16)4-2-10-25-31/h1-7,10,13-15,23H,8-9,11-12H2,(H,27,28). The SMILES string of the molecule is c1cc(NC2CCNCC2)nc(-c2cnc3ccc(-c4cnn5ncccc45)nn23)c1. The van der Waals surface area contributed by atoms with Gasteiger partial charge in [-0.05, 0) is 62.3 Å². The van der Waals surface area contributed by atoms with Crippen LogP contribution in [0.5, 0.6) is 0 Å². The molecule has 0 bridgehead atoms. The molecule has 1 fully saturated rings. The molecule has 1 aliphatic heterocycles. The van der Waals surface area contributed by atoms with Crippen molar-refractivity contribution in [2.75, 3.05) is 18.4 Å². The summed E-state index contributed by atoms with van der Waals surface area (Å²) in [4.78, 5) is 9.37. The first-order valence-electron chi connectivity index (χ1n) is 10.4. The van der Waals surface area contributed by atoms with Gasteiger partial charge in [0.05, 0.1) is 29.3 Å². The van der Waals surface area contributed by atoms with E-state index in [-0.39, 0.29) is 0 Å². The summed E-state index contributed by atoms with van der Waals surface area (Å²) in [7, 11) is 0. The average Bonchev–Trinajstić information content (AvgIpc) is 3.44. The Morgan fingerprint density at radius 3 is 2.81 bits per heavy atom. The Morgan fingerprint density at radius 2 is 1.87 bits per heavy atom. The van der Waals surface area contributed by atoms with Gasteiger partial charge in [-0.1, -0.05) is 6.07 Å². The number of imidazole rings is 1. The zero-order chi connectivity index (χ0) is 20.6. The minimum atomic E-state index is 0.445. The van der Waals surface area contributed by atoms with Crippen LogP contribution in [-0.2, 0) is 0 Å². The van der Waals surface area contributed by atoms with Gasteiger partial charge >= 0.3 is 0 Å². The van der Waals surface area contributed by atoms with E-state index in [9.17, 15) is 0 Å². The van der Waals surface area contributed by atoms with Crippen LogP contribution in [0.2, 0.25) is 0 Å². The number of anilines is 1. The van der Waals surface area contributed by atoms with E-state index >= 15 is 0 Å². The largest absolute Gasteiger partial charge is 0.367 e. The molecule has 0 spiro atoms. The van der Waals surface area contributed by atoms with E-state index in [1.54, 1.807) is 17.0 Å². The van der Waals surface area contributed by atoms with Gasteiger partial charge < -0.3 is 10.6 Å². The van der Waals surface area contributed by atoms with Gasteiger partial charge in [-0.3, -0.25) is 0 Å². The van der Waals surface area contributed by atoms with Crippen LogP contribution in [-0.4, -0.2) is 53.5 Å². The van der Waals surface area contributed by atoms with E-state index in [1.165, 1.54) is 0 Å². The highest BCUT2D eigenvalue weighted by molar-refractivity contribution is 5.77. The molecular formula is C22H21N9. The Labute approximate surface area is 178 Å². The minimum Gasteiger partial charge on any atom is -0.367 e. The number of piperidine rings is 1. The van der Waals surface area contributed by atoms with E-state index in [2.05, 4.69) is 25.8 Å². The van der Waals surface area contributed by atoms with Gasteiger partial charge in [0, 0.05) is 17.8 Å². The van der Waals surface area contributed by atoms with E-state index in [1.807, 2.05) is 53.2 Å². The molecule has 6 heterocycles. The number of hydrogen-bond acceptors (Lipinski definition) is 7.